The summed E-state index contributed by atoms with van der Waals surface area (Å²) in [5, 5.41) is 12.2. The van der Waals surface area contributed by atoms with E-state index in [9.17, 15) is 9.90 Å². The van der Waals surface area contributed by atoms with Gasteiger partial charge in [-0.2, -0.15) is 0 Å². The number of rotatable bonds is 6. The van der Waals surface area contributed by atoms with Gasteiger partial charge in [-0.25, -0.2) is 4.79 Å². The van der Waals surface area contributed by atoms with Gasteiger partial charge in [0.05, 0.1) is 38.4 Å². The SMILES string of the molecule is CCOc1ccc([C@@H](C)NC(=O)N2CC(O)C2)cc1OCC. The Kier molecular flexibility index (Phi) is 5.49. The summed E-state index contributed by atoms with van der Waals surface area (Å²) in [6.07, 6.45) is -0.393. The van der Waals surface area contributed by atoms with Gasteiger partial charge in [0, 0.05) is 0 Å². The Labute approximate surface area is 131 Å². The van der Waals surface area contributed by atoms with Crippen molar-refractivity contribution in [1.29, 1.82) is 0 Å². The summed E-state index contributed by atoms with van der Waals surface area (Å²) in [6, 6.07) is 5.36. The number of β-amino-alcohol motifs (C(OH)–C–C–N with tert-alkyl or cyclic N) is 1. The first-order valence-corrected chi connectivity index (χ1v) is 7.68. The summed E-state index contributed by atoms with van der Waals surface area (Å²) >= 11 is 0. The zero-order chi connectivity index (χ0) is 16.1. The van der Waals surface area contributed by atoms with Crippen LogP contribution < -0.4 is 14.8 Å². The van der Waals surface area contributed by atoms with Crippen molar-refractivity contribution in [1.82, 2.24) is 10.2 Å². The van der Waals surface area contributed by atoms with Crippen molar-refractivity contribution < 1.29 is 19.4 Å². The highest BCUT2D eigenvalue weighted by Gasteiger charge is 2.29. The van der Waals surface area contributed by atoms with E-state index in [1.807, 2.05) is 39.0 Å². The number of hydrogen-bond acceptors (Lipinski definition) is 4. The Hall–Kier alpha value is -1.95. The molecule has 0 spiro atoms. The van der Waals surface area contributed by atoms with Crippen molar-refractivity contribution >= 4 is 6.03 Å². The average molecular weight is 308 g/mol. The van der Waals surface area contributed by atoms with E-state index >= 15 is 0 Å². The molecule has 1 aromatic carbocycles. The van der Waals surface area contributed by atoms with E-state index in [1.165, 1.54) is 0 Å². The fraction of sp³-hybridized carbons (Fsp3) is 0.562. The molecule has 6 nitrogen and oxygen atoms in total. The molecule has 1 fully saturated rings. The number of ether oxygens (including phenoxy) is 2. The number of urea groups is 1. The van der Waals surface area contributed by atoms with Gasteiger partial charge in [0.1, 0.15) is 0 Å². The summed E-state index contributed by atoms with van der Waals surface area (Å²) in [7, 11) is 0. The van der Waals surface area contributed by atoms with Crippen molar-refractivity contribution in [2.45, 2.75) is 32.9 Å². The van der Waals surface area contributed by atoms with E-state index < -0.39 is 6.10 Å². The minimum absolute atomic E-state index is 0.153. The Balaban J connectivity index is 2.03. The molecule has 2 amide bonds. The summed E-state index contributed by atoms with van der Waals surface area (Å²) < 4.78 is 11.1. The van der Waals surface area contributed by atoms with Crippen LogP contribution in [0.5, 0.6) is 11.5 Å². The molecule has 1 aliphatic heterocycles. The molecule has 0 aliphatic carbocycles. The minimum Gasteiger partial charge on any atom is -0.490 e. The molecule has 1 aromatic rings. The van der Waals surface area contributed by atoms with Crippen LogP contribution in [0.3, 0.4) is 0 Å². The fourth-order valence-electron chi connectivity index (χ4n) is 2.32. The molecule has 6 heteroatoms. The second kappa shape index (κ2) is 7.35. The highest BCUT2D eigenvalue weighted by molar-refractivity contribution is 5.75. The molecular weight excluding hydrogens is 284 g/mol. The predicted molar refractivity (Wildman–Crippen MR) is 83.3 cm³/mol. The largest absolute Gasteiger partial charge is 0.490 e. The Morgan fingerprint density at radius 2 is 1.95 bits per heavy atom. The maximum Gasteiger partial charge on any atom is 0.318 e. The molecule has 1 saturated heterocycles. The predicted octanol–water partition coefficient (Wildman–Crippen LogP) is 1.93. The molecule has 2 N–H and O–H groups in total. The number of hydrogen-bond donors (Lipinski definition) is 2. The van der Waals surface area contributed by atoms with Gasteiger partial charge < -0.3 is 24.8 Å². The van der Waals surface area contributed by atoms with Gasteiger partial charge in [0.2, 0.25) is 0 Å². The van der Waals surface area contributed by atoms with Crippen LogP contribution in [0.4, 0.5) is 4.79 Å². The van der Waals surface area contributed by atoms with Crippen LogP contribution in [0.15, 0.2) is 18.2 Å². The van der Waals surface area contributed by atoms with Gasteiger partial charge in [0.25, 0.3) is 0 Å². The van der Waals surface area contributed by atoms with Crippen molar-refractivity contribution in [3.63, 3.8) is 0 Å². The zero-order valence-corrected chi connectivity index (χ0v) is 13.3. The molecule has 0 aromatic heterocycles. The molecule has 1 heterocycles. The maximum absolute atomic E-state index is 12.0. The molecule has 0 bridgehead atoms. The number of aliphatic hydroxyl groups is 1. The molecular formula is C16H24N2O4. The van der Waals surface area contributed by atoms with Crippen molar-refractivity contribution in [2.24, 2.45) is 0 Å². The number of amides is 2. The first kappa shape index (κ1) is 16.4. The van der Waals surface area contributed by atoms with E-state index in [0.29, 0.717) is 37.8 Å². The Morgan fingerprint density at radius 3 is 2.55 bits per heavy atom. The van der Waals surface area contributed by atoms with Gasteiger partial charge in [-0.15, -0.1) is 0 Å². The number of benzene rings is 1. The van der Waals surface area contributed by atoms with Crippen LogP contribution >= 0.6 is 0 Å². The van der Waals surface area contributed by atoms with E-state index in [1.54, 1.807) is 4.90 Å². The zero-order valence-electron chi connectivity index (χ0n) is 13.3. The van der Waals surface area contributed by atoms with Gasteiger partial charge >= 0.3 is 6.03 Å². The number of nitrogens with one attached hydrogen (secondary N) is 1. The lowest BCUT2D eigenvalue weighted by Crippen LogP contribution is -2.56. The summed E-state index contributed by atoms with van der Waals surface area (Å²) in [5.74, 6) is 1.39. The van der Waals surface area contributed by atoms with Crippen LogP contribution in [0, 0.1) is 0 Å². The van der Waals surface area contributed by atoms with Crippen LogP contribution in [0.2, 0.25) is 0 Å². The highest BCUT2D eigenvalue weighted by atomic mass is 16.5. The third kappa shape index (κ3) is 3.82. The molecule has 0 radical (unpaired) electrons. The lowest BCUT2D eigenvalue weighted by atomic mass is 10.1. The third-order valence-corrected chi connectivity index (χ3v) is 3.56. The van der Waals surface area contributed by atoms with E-state index in [2.05, 4.69) is 5.32 Å². The highest BCUT2D eigenvalue weighted by Crippen LogP contribution is 2.30. The molecule has 2 rings (SSSR count). The molecule has 22 heavy (non-hydrogen) atoms. The molecule has 1 atom stereocenters. The lowest BCUT2D eigenvalue weighted by molar-refractivity contribution is 0.0259. The standard InChI is InChI=1S/C16H24N2O4/c1-4-21-14-7-6-12(8-15(14)22-5-2)11(3)17-16(20)18-9-13(19)10-18/h6-8,11,13,19H,4-5,9-10H2,1-3H3,(H,17,20)/t11-/m1/s1. The van der Waals surface area contributed by atoms with Crippen molar-refractivity contribution in [3.8, 4) is 11.5 Å². The van der Waals surface area contributed by atoms with E-state index in [4.69, 9.17) is 9.47 Å². The van der Waals surface area contributed by atoms with Gasteiger partial charge in [-0.05, 0) is 38.5 Å². The Bertz CT molecular complexity index is 515. The molecule has 0 unspecified atom stereocenters. The second-order valence-corrected chi connectivity index (χ2v) is 5.30. The minimum atomic E-state index is -0.393. The number of carbonyl (C=O) groups excluding carboxylic acids is 1. The smallest absolute Gasteiger partial charge is 0.318 e. The van der Waals surface area contributed by atoms with E-state index in [-0.39, 0.29) is 12.1 Å². The first-order valence-electron chi connectivity index (χ1n) is 7.68. The fourth-order valence-corrected chi connectivity index (χ4v) is 2.32. The van der Waals surface area contributed by atoms with Gasteiger partial charge in [-0.1, -0.05) is 6.07 Å². The number of likely N-dealkylation sites (tertiary alicyclic amines) is 1. The monoisotopic (exact) mass is 308 g/mol. The number of aliphatic hydroxyl groups excluding tert-OH is 1. The summed E-state index contributed by atoms with van der Waals surface area (Å²) in [5.41, 5.74) is 0.946. The molecule has 122 valence electrons. The number of nitrogens with zero attached hydrogens (tertiary/aromatic N) is 1. The van der Waals surface area contributed by atoms with Gasteiger partial charge in [-0.3, -0.25) is 0 Å². The second-order valence-electron chi connectivity index (χ2n) is 5.30. The van der Waals surface area contributed by atoms with Crippen LogP contribution in [0.1, 0.15) is 32.4 Å². The summed E-state index contributed by atoms with van der Waals surface area (Å²) in [6.45, 7) is 7.67. The van der Waals surface area contributed by atoms with Crippen molar-refractivity contribution in [3.05, 3.63) is 23.8 Å². The van der Waals surface area contributed by atoms with Crippen LogP contribution in [-0.4, -0.2) is 48.4 Å². The maximum atomic E-state index is 12.0. The van der Waals surface area contributed by atoms with Gasteiger partial charge in [0.15, 0.2) is 11.5 Å². The lowest BCUT2D eigenvalue weighted by Gasteiger charge is -2.36. The molecule has 1 aliphatic rings. The third-order valence-electron chi connectivity index (χ3n) is 3.56. The topological polar surface area (TPSA) is 71.0 Å². The quantitative estimate of drug-likeness (QED) is 0.842. The van der Waals surface area contributed by atoms with Crippen LogP contribution in [0.25, 0.3) is 0 Å². The van der Waals surface area contributed by atoms with E-state index in [0.717, 1.165) is 5.56 Å². The van der Waals surface area contributed by atoms with Crippen molar-refractivity contribution in [2.75, 3.05) is 26.3 Å². The van der Waals surface area contributed by atoms with Crippen LogP contribution in [-0.2, 0) is 0 Å². The summed E-state index contributed by atoms with van der Waals surface area (Å²) in [4.78, 5) is 13.6. The average Bonchev–Trinajstić information content (AvgIpc) is 2.46. The molecule has 0 saturated carbocycles. The first-order chi connectivity index (χ1) is 10.5. The normalized spacial score (nSPS) is 15.9. The number of carbonyl (C=O) groups is 1. The Morgan fingerprint density at radius 1 is 1.32 bits per heavy atom.